The fraction of sp³-hybridized carbons (Fsp3) is 0.238. The number of anilines is 4. The molecule has 0 unspecified atom stereocenters. The summed E-state index contributed by atoms with van der Waals surface area (Å²) in [5.74, 6) is 3.07. The third-order valence-corrected chi connectivity index (χ3v) is 4.45. The zero-order valence-electron chi connectivity index (χ0n) is 17.2. The number of nitrogens with two attached hydrogens (primary N) is 1. The molecule has 3 N–H and O–H groups in total. The Morgan fingerprint density at radius 2 is 1.62 bits per heavy atom. The summed E-state index contributed by atoms with van der Waals surface area (Å²) in [7, 11) is 7.03. The van der Waals surface area contributed by atoms with Gasteiger partial charge in [-0.2, -0.15) is 0 Å². The van der Waals surface area contributed by atoms with E-state index < -0.39 is 0 Å². The number of nitrogen functional groups attached to an aromatic ring is 1. The Labute approximate surface area is 176 Å². The first-order valence-electron chi connectivity index (χ1n) is 8.88. The lowest BCUT2D eigenvalue weighted by Gasteiger charge is -2.20. The lowest BCUT2D eigenvalue weighted by atomic mass is 10.2. The average Bonchev–Trinajstić information content (AvgIpc) is 2.76. The molecule has 0 amide bonds. The molecule has 0 radical (unpaired) electrons. The van der Waals surface area contributed by atoms with Crippen molar-refractivity contribution in [2.45, 2.75) is 6.92 Å². The summed E-state index contributed by atoms with van der Waals surface area (Å²) in [6.45, 7) is 1.77. The second kappa shape index (κ2) is 10.4. The van der Waals surface area contributed by atoms with Crippen molar-refractivity contribution in [3.63, 3.8) is 0 Å². The molecule has 0 spiro atoms. The van der Waals surface area contributed by atoms with Crippen molar-refractivity contribution in [1.82, 2.24) is 9.97 Å². The van der Waals surface area contributed by atoms with Gasteiger partial charge in [0.1, 0.15) is 28.2 Å². The summed E-state index contributed by atoms with van der Waals surface area (Å²) >= 11 is 6.16. The fourth-order valence-electron chi connectivity index (χ4n) is 2.51. The van der Waals surface area contributed by atoms with Gasteiger partial charge in [0, 0.05) is 37.6 Å². The van der Waals surface area contributed by atoms with E-state index in [4.69, 9.17) is 26.8 Å². The van der Waals surface area contributed by atoms with E-state index in [-0.39, 0.29) is 5.82 Å². The number of halogens is 1. The van der Waals surface area contributed by atoms with Gasteiger partial charge in [-0.1, -0.05) is 23.7 Å². The SMILES string of the molecule is CNc1cccc(OC)c1.COc1cccc(N(C)c2nc(C)nc(N)c2Cl)c1. The van der Waals surface area contributed by atoms with Crippen LogP contribution in [0.2, 0.25) is 5.02 Å². The number of hydrogen-bond donors (Lipinski definition) is 2. The van der Waals surface area contributed by atoms with Crippen LogP contribution in [0.3, 0.4) is 0 Å². The van der Waals surface area contributed by atoms with E-state index >= 15 is 0 Å². The van der Waals surface area contributed by atoms with Gasteiger partial charge in [0.2, 0.25) is 0 Å². The number of ether oxygens (including phenoxy) is 2. The monoisotopic (exact) mass is 415 g/mol. The van der Waals surface area contributed by atoms with Crippen LogP contribution < -0.4 is 25.4 Å². The van der Waals surface area contributed by atoms with Gasteiger partial charge < -0.3 is 25.4 Å². The number of methoxy groups -OCH3 is 2. The van der Waals surface area contributed by atoms with E-state index in [1.807, 2.05) is 67.5 Å². The summed E-state index contributed by atoms with van der Waals surface area (Å²) in [6.07, 6.45) is 0. The highest BCUT2D eigenvalue weighted by atomic mass is 35.5. The summed E-state index contributed by atoms with van der Waals surface area (Å²) in [6, 6.07) is 15.4. The van der Waals surface area contributed by atoms with Crippen LogP contribution in [-0.4, -0.2) is 38.3 Å². The summed E-state index contributed by atoms with van der Waals surface area (Å²) < 4.78 is 10.2. The van der Waals surface area contributed by atoms with Crippen molar-refractivity contribution in [2.75, 3.05) is 44.3 Å². The van der Waals surface area contributed by atoms with Crippen LogP contribution in [-0.2, 0) is 0 Å². The zero-order valence-corrected chi connectivity index (χ0v) is 18.0. The zero-order chi connectivity index (χ0) is 21.4. The number of nitrogens with zero attached hydrogens (tertiary/aromatic N) is 3. The van der Waals surface area contributed by atoms with Crippen LogP contribution in [0.5, 0.6) is 11.5 Å². The lowest BCUT2D eigenvalue weighted by Crippen LogP contribution is -2.14. The maximum Gasteiger partial charge on any atom is 0.157 e. The fourth-order valence-corrected chi connectivity index (χ4v) is 2.72. The number of hydrogen-bond acceptors (Lipinski definition) is 7. The molecule has 29 heavy (non-hydrogen) atoms. The van der Waals surface area contributed by atoms with E-state index in [2.05, 4.69) is 15.3 Å². The van der Waals surface area contributed by atoms with Crippen molar-refractivity contribution in [3.8, 4) is 11.5 Å². The Morgan fingerprint density at radius 3 is 2.24 bits per heavy atom. The molecule has 8 heteroatoms. The van der Waals surface area contributed by atoms with Crippen molar-refractivity contribution >= 4 is 34.6 Å². The standard InChI is InChI=1S/C13H15ClN4O.C8H11NO/c1-8-16-12(15)11(14)13(17-8)18(2)9-5-4-6-10(7-9)19-3;1-9-7-4-3-5-8(6-7)10-2/h4-7H,1-3H3,(H2,15,16,17);3-6,9H,1-2H3. The molecule has 154 valence electrons. The third kappa shape index (κ3) is 5.89. The predicted molar refractivity (Wildman–Crippen MR) is 120 cm³/mol. The van der Waals surface area contributed by atoms with Crippen molar-refractivity contribution in [2.24, 2.45) is 0 Å². The topological polar surface area (TPSA) is 85.5 Å². The molecule has 0 saturated carbocycles. The molecule has 1 heterocycles. The van der Waals surface area contributed by atoms with Gasteiger partial charge in [0.05, 0.1) is 14.2 Å². The first-order chi connectivity index (χ1) is 13.9. The Kier molecular flexibility index (Phi) is 7.91. The molecule has 0 bridgehead atoms. The molecule has 3 rings (SSSR count). The Balaban J connectivity index is 0.000000253. The molecule has 7 nitrogen and oxygen atoms in total. The normalized spacial score (nSPS) is 9.86. The molecule has 0 aliphatic rings. The van der Waals surface area contributed by atoms with Crippen LogP contribution in [0.15, 0.2) is 48.5 Å². The molecule has 0 aliphatic carbocycles. The minimum atomic E-state index is 0.277. The van der Waals surface area contributed by atoms with E-state index in [1.165, 1.54) is 0 Å². The maximum absolute atomic E-state index is 6.16. The van der Waals surface area contributed by atoms with Crippen LogP contribution in [0.1, 0.15) is 5.82 Å². The van der Waals surface area contributed by atoms with Crippen LogP contribution in [0.4, 0.5) is 23.0 Å². The highest BCUT2D eigenvalue weighted by Gasteiger charge is 2.14. The molecule has 0 fully saturated rings. The quantitative estimate of drug-likeness (QED) is 0.632. The molecule has 0 aliphatic heterocycles. The first kappa shape index (κ1) is 22.1. The largest absolute Gasteiger partial charge is 0.497 e. The van der Waals surface area contributed by atoms with Gasteiger partial charge in [-0.05, 0) is 31.2 Å². The van der Waals surface area contributed by atoms with Gasteiger partial charge in [-0.3, -0.25) is 0 Å². The van der Waals surface area contributed by atoms with Crippen LogP contribution in [0, 0.1) is 6.92 Å². The van der Waals surface area contributed by atoms with E-state index in [0.717, 1.165) is 22.9 Å². The maximum atomic E-state index is 6.16. The van der Waals surface area contributed by atoms with E-state index in [1.54, 1.807) is 21.1 Å². The smallest absolute Gasteiger partial charge is 0.157 e. The second-order valence-corrected chi connectivity index (χ2v) is 6.41. The van der Waals surface area contributed by atoms with E-state index in [0.29, 0.717) is 16.7 Å². The van der Waals surface area contributed by atoms with Crippen LogP contribution in [0.25, 0.3) is 0 Å². The summed E-state index contributed by atoms with van der Waals surface area (Å²) in [4.78, 5) is 10.2. The van der Waals surface area contributed by atoms with Gasteiger partial charge in [0.15, 0.2) is 5.82 Å². The number of aryl methyl sites for hydroxylation is 1. The Morgan fingerprint density at radius 1 is 1.00 bits per heavy atom. The minimum Gasteiger partial charge on any atom is -0.497 e. The van der Waals surface area contributed by atoms with Crippen molar-refractivity contribution in [1.29, 1.82) is 0 Å². The first-order valence-corrected chi connectivity index (χ1v) is 9.26. The molecule has 0 atom stereocenters. The summed E-state index contributed by atoms with van der Waals surface area (Å²) in [5, 5.41) is 3.37. The molecular formula is C21H26ClN5O2. The van der Waals surface area contributed by atoms with Gasteiger partial charge in [-0.15, -0.1) is 0 Å². The number of aromatic nitrogens is 2. The van der Waals surface area contributed by atoms with Gasteiger partial charge >= 0.3 is 0 Å². The molecular weight excluding hydrogens is 390 g/mol. The average molecular weight is 416 g/mol. The highest BCUT2D eigenvalue weighted by molar-refractivity contribution is 6.35. The molecule has 3 aromatic rings. The minimum absolute atomic E-state index is 0.277. The van der Waals surface area contributed by atoms with Crippen molar-refractivity contribution < 1.29 is 9.47 Å². The predicted octanol–water partition coefficient (Wildman–Crippen LogP) is 4.53. The van der Waals surface area contributed by atoms with Gasteiger partial charge in [-0.25, -0.2) is 9.97 Å². The number of rotatable bonds is 5. The molecule has 2 aromatic carbocycles. The number of benzene rings is 2. The lowest BCUT2D eigenvalue weighted by molar-refractivity contribution is 0.415. The van der Waals surface area contributed by atoms with Crippen LogP contribution >= 0.6 is 11.6 Å². The highest BCUT2D eigenvalue weighted by Crippen LogP contribution is 2.33. The second-order valence-electron chi connectivity index (χ2n) is 6.04. The van der Waals surface area contributed by atoms with Gasteiger partial charge in [0.25, 0.3) is 0 Å². The molecule has 0 saturated heterocycles. The Hall–Kier alpha value is -3.19. The molecule has 1 aromatic heterocycles. The summed E-state index contributed by atoms with van der Waals surface area (Å²) in [5.41, 5.74) is 7.73. The van der Waals surface area contributed by atoms with E-state index in [9.17, 15) is 0 Å². The third-order valence-electron chi connectivity index (χ3n) is 4.09. The Bertz CT molecular complexity index is 933. The van der Waals surface area contributed by atoms with Crippen molar-refractivity contribution in [3.05, 3.63) is 59.4 Å². The number of nitrogens with one attached hydrogen (secondary N) is 1.